The number of nitrogens with zero attached hydrogens (tertiary/aromatic N) is 1. The smallest absolute Gasteiger partial charge is 0.320 e. The number of carbonyl (C=O) groups excluding carboxylic acids is 1. The van der Waals surface area contributed by atoms with Crippen LogP contribution < -0.4 is 5.73 Å². The summed E-state index contributed by atoms with van der Waals surface area (Å²) >= 11 is 0. The Labute approximate surface area is 90.2 Å². The summed E-state index contributed by atoms with van der Waals surface area (Å²) < 4.78 is 0. The normalized spacial score (nSPS) is 12.2. The summed E-state index contributed by atoms with van der Waals surface area (Å²) in [6, 6.07) is -0.780. The van der Waals surface area contributed by atoms with Gasteiger partial charge in [0.1, 0.15) is 6.04 Å². The molecule has 0 aromatic carbocycles. The zero-order valence-electron chi connectivity index (χ0n) is 9.40. The molecule has 5 heteroatoms. The predicted molar refractivity (Wildman–Crippen MR) is 57.4 cm³/mol. The average Bonchev–Trinajstić information content (AvgIpc) is 2.22. The number of hydrogen-bond acceptors (Lipinski definition) is 3. The van der Waals surface area contributed by atoms with Crippen molar-refractivity contribution < 1.29 is 14.7 Å². The van der Waals surface area contributed by atoms with E-state index < -0.39 is 12.0 Å². The van der Waals surface area contributed by atoms with E-state index in [-0.39, 0.29) is 5.91 Å². The highest BCUT2D eigenvalue weighted by Gasteiger charge is 2.11. The molecule has 0 aromatic rings. The van der Waals surface area contributed by atoms with Crippen LogP contribution in [0, 0.1) is 0 Å². The van der Waals surface area contributed by atoms with Crippen LogP contribution in [0.15, 0.2) is 0 Å². The first-order valence-electron chi connectivity index (χ1n) is 5.21. The van der Waals surface area contributed by atoms with Gasteiger partial charge in [0, 0.05) is 20.0 Å². The van der Waals surface area contributed by atoms with Gasteiger partial charge in [0.15, 0.2) is 0 Å². The van der Waals surface area contributed by atoms with Gasteiger partial charge in [0.25, 0.3) is 0 Å². The lowest BCUT2D eigenvalue weighted by Crippen LogP contribution is -2.30. The first-order chi connectivity index (χ1) is 6.99. The molecule has 15 heavy (non-hydrogen) atoms. The summed E-state index contributed by atoms with van der Waals surface area (Å²) in [6.45, 7) is 2.48. The molecule has 1 atom stereocenters. The Morgan fingerprint density at radius 2 is 2.00 bits per heavy atom. The highest BCUT2D eigenvalue weighted by molar-refractivity contribution is 5.75. The highest BCUT2D eigenvalue weighted by atomic mass is 16.4. The molecule has 0 aromatic heterocycles. The van der Waals surface area contributed by atoms with Crippen molar-refractivity contribution in [1.82, 2.24) is 4.90 Å². The van der Waals surface area contributed by atoms with Gasteiger partial charge in [-0.05, 0) is 19.3 Å². The van der Waals surface area contributed by atoms with Crippen molar-refractivity contribution in [3.63, 3.8) is 0 Å². The summed E-state index contributed by atoms with van der Waals surface area (Å²) in [6.07, 6.45) is 2.49. The van der Waals surface area contributed by atoms with Gasteiger partial charge in [-0.25, -0.2) is 0 Å². The monoisotopic (exact) mass is 216 g/mol. The first kappa shape index (κ1) is 13.9. The average molecular weight is 216 g/mol. The van der Waals surface area contributed by atoms with Crippen LogP contribution in [0.25, 0.3) is 0 Å². The fourth-order valence-corrected chi connectivity index (χ4v) is 1.23. The van der Waals surface area contributed by atoms with Gasteiger partial charge in [0.2, 0.25) is 5.91 Å². The number of nitrogens with two attached hydrogens (primary N) is 1. The highest BCUT2D eigenvalue weighted by Crippen LogP contribution is 2.01. The molecule has 1 amide bonds. The Hall–Kier alpha value is -1.10. The molecular formula is C10H20N2O3. The van der Waals surface area contributed by atoms with E-state index in [1.165, 1.54) is 0 Å². The molecule has 3 N–H and O–H groups in total. The Balaban J connectivity index is 3.54. The summed E-state index contributed by atoms with van der Waals surface area (Å²) in [5, 5.41) is 8.53. The third-order valence-electron chi connectivity index (χ3n) is 2.30. The molecule has 0 aliphatic heterocycles. The first-order valence-corrected chi connectivity index (χ1v) is 5.21. The predicted octanol–water partition coefficient (Wildman–Crippen LogP) is 0.437. The molecule has 0 heterocycles. The number of carboxylic acids is 1. The van der Waals surface area contributed by atoms with E-state index in [0.717, 1.165) is 12.8 Å². The van der Waals surface area contributed by atoms with Crippen LogP contribution in [0.1, 0.15) is 32.6 Å². The van der Waals surface area contributed by atoms with Gasteiger partial charge in [-0.15, -0.1) is 0 Å². The number of amides is 1. The van der Waals surface area contributed by atoms with Crippen molar-refractivity contribution in [3.8, 4) is 0 Å². The topological polar surface area (TPSA) is 83.6 Å². The van der Waals surface area contributed by atoms with Crippen molar-refractivity contribution in [3.05, 3.63) is 0 Å². The Bertz CT molecular complexity index is 219. The zero-order chi connectivity index (χ0) is 11.8. The second kappa shape index (κ2) is 7.23. The zero-order valence-corrected chi connectivity index (χ0v) is 9.40. The molecule has 88 valence electrons. The van der Waals surface area contributed by atoms with Gasteiger partial charge in [0.05, 0.1) is 0 Å². The Kier molecular flexibility index (Phi) is 6.70. The van der Waals surface area contributed by atoms with Crippen LogP contribution in [0.3, 0.4) is 0 Å². The maximum atomic E-state index is 11.2. The van der Waals surface area contributed by atoms with Crippen molar-refractivity contribution in [1.29, 1.82) is 0 Å². The summed E-state index contributed by atoms with van der Waals surface area (Å²) in [4.78, 5) is 23.2. The minimum absolute atomic E-state index is 0.109. The minimum atomic E-state index is -0.965. The minimum Gasteiger partial charge on any atom is -0.480 e. The van der Waals surface area contributed by atoms with Gasteiger partial charge >= 0.3 is 5.97 Å². The van der Waals surface area contributed by atoms with E-state index in [2.05, 4.69) is 0 Å². The quantitative estimate of drug-likeness (QED) is 0.605. The van der Waals surface area contributed by atoms with Gasteiger partial charge in [-0.1, -0.05) is 6.92 Å². The van der Waals surface area contributed by atoms with E-state index in [1.807, 2.05) is 6.92 Å². The lowest BCUT2D eigenvalue weighted by Gasteiger charge is -2.16. The van der Waals surface area contributed by atoms with Crippen LogP contribution >= 0.6 is 0 Å². The summed E-state index contributed by atoms with van der Waals surface area (Å²) in [5.41, 5.74) is 5.34. The maximum absolute atomic E-state index is 11.2. The number of hydrogen-bond donors (Lipinski definition) is 2. The summed E-state index contributed by atoms with van der Waals surface area (Å²) in [7, 11) is 1.75. The SMILES string of the molecule is CCC(=O)N(C)CCCC[C@H](N)C(=O)O. The van der Waals surface area contributed by atoms with Crippen LogP contribution in [-0.4, -0.2) is 41.5 Å². The summed E-state index contributed by atoms with van der Waals surface area (Å²) in [5.74, 6) is -0.856. The lowest BCUT2D eigenvalue weighted by atomic mass is 10.1. The fourth-order valence-electron chi connectivity index (χ4n) is 1.23. The molecule has 0 aliphatic carbocycles. The molecule has 0 aliphatic rings. The van der Waals surface area contributed by atoms with Crippen molar-refractivity contribution >= 4 is 11.9 Å². The van der Waals surface area contributed by atoms with E-state index >= 15 is 0 Å². The van der Waals surface area contributed by atoms with Crippen molar-refractivity contribution in [2.75, 3.05) is 13.6 Å². The van der Waals surface area contributed by atoms with Crippen LogP contribution in [0.2, 0.25) is 0 Å². The van der Waals surface area contributed by atoms with Crippen LogP contribution in [-0.2, 0) is 9.59 Å². The molecule has 0 bridgehead atoms. The molecule has 5 nitrogen and oxygen atoms in total. The lowest BCUT2D eigenvalue weighted by molar-refractivity contribution is -0.138. The molecule has 0 spiro atoms. The van der Waals surface area contributed by atoms with Gasteiger partial charge < -0.3 is 15.7 Å². The molecule has 0 saturated carbocycles. The largest absolute Gasteiger partial charge is 0.480 e. The number of aliphatic carboxylic acids is 1. The van der Waals surface area contributed by atoms with E-state index in [0.29, 0.717) is 19.4 Å². The molecule has 0 radical (unpaired) electrons. The molecular weight excluding hydrogens is 196 g/mol. The number of rotatable bonds is 7. The van der Waals surface area contributed by atoms with Crippen molar-refractivity contribution in [2.45, 2.75) is 38.6 Å². The maximum Gasteiger partial charge on any atom is 0.320 e. The van der Waals surface area contributed by atoms with Crippen LogP contribution in [0.4, 0.5) is 0 Å². The Morgan fingerprint density at radius 1 is 1.40 bits per heavy atom. The van der Waals surface area contributed by atoms with E-state index in [1.54, 1.807) is 11.9 Å². The number of unbranched alkanes of at least 4 members (excludes halogenated alkanes) is 1. The molecule has 0 unspecified atom stereocenters. The van der Waals surface area contributed by atoms with E-state index in [4.69, 9.17) is 10.8 Å². The second-order valence-electron chi connectivity index (χ2n) is 3.61. The van der Waals surface area contributed by atoms with Crippen LogP contribution in [0.5, 0.6) is 0 Å². The molecule has 0 saturated heterocycles. The third-order valence-corrected chi connectivity index (χ3v) is 2.30. The molecule has 0 fully saturated rings. The number of carboxylic acid groups (broad SMARTS) is 1. The van der Waals surface area contributed by atoms with Crippen molar-refractivity contribution in [2.24, 2.45) is 5.73 Å². The number of carbonyl (C=O) groups is 2. The van der Waals surface area contributed by atoms with Gasteiger partial charge in [-0.3, -0.25) is 9.59 Å². The standard InChI is InChI=1S/C10H20N2O3/c1-3-9(13)12(2)7-5-4-6-8(11)10(14)15/h8H,3-7,11H2,1-2H3,(H,14,15)/t8-/m0/s1. The fraction of sp³-hybridized carbons (Fsp3) is 0.800. The van der Waals surface area contributed by atoms with Gasteiger partial charge in [-0.2, -0.15) is 0 Å². The van der Waals surface area contributed by atoms with E-state index in [9.17, 15) is 9.59 Å². The third kappa shape index (κ3) is 6.06. The molecule has 0 rings (SSSR count). The Morgan fingerprint density at radius 3 is 2.47 bits per heavy atom. The second-order valence-corrected chi connectivity index (χ2v) is 3.61.